The molecule has 1 heterocycles. The highest BCUT2D eigenvalue weighted by molar-refractivity contribution is 6.10. The Morgan fingerprint density at radius 1 is 1.16 bits per heavy atom. The third-order valence-corrected chi connectivity index (χ3v) is 3.68. The van der Waals surface area contributed by atoms with Gasteiger partial charge in [0.2, 0.25) is 5.78 Å². The predicted molar refractivity (Wildman–Crippen MR) is 90.1 cm³/mol. The Balaban J connectivity index is 1.60. The molecule has 0 amide bonds. The summed E-state index contributed by atoms with van der Waals surface area (Å²) in [6.45, 7) is 1.10. The van der Waals surface area contributed by atoms with E-state index < -0.39 is 24.5 Å². The summed E-state index contributed by atoms with van der Waals surface area (Å²) in [5.41, 5.74) is 1.29. The summed E-state index contributed by atoms with van der Waals surface area (Å²) < 4.78 is 23.3. The largest absolute Gasteiger partial charge is 0.482 e. The lowest BCUT2D eigenvalue weighted by molar-refractivity contribution is -0.148. The molecule has 0 aliphatic carbocycles. The quantitative estimate of drug-likeness (QED) is 0.550. The molecule has 0 saturated heterocycles. The van der Waals surface area contributed by atoms with Crippen LogP contribution >= 0.6 is 0 Å². The number of benzene rings is 2. The number of esters is 1. The number of carbonyl (C=O) groups excluding carboxylic acids is 2. The standard InChI is InChI=1S/C19H16FNO4/c1-12(19(23)16-10-21-17-8-3-2-7-15(16)17)25-18(22)11-24-14-6-4-5-13(20)9-14/h2-10,12,21H,11H2,1H3/t12-/m1/s1. The van der Waals surface area contributed by atoms with Crippen molar-refractivity contribution >= 4 is 22.7 Å². The summed E-state index contributed by atoms with van der Waals surface area (Å²) in [4.78, 5) is 27.3. The fraction of sp³-hybridized carbons (Fsp3) is 0.158. The van der Waals surface area contributed by atoms with Gasteiger partial charge in [0.05, 0.1) is 0 Å². The Hall–Kier alpha value is -3.15. The number of H-pyrrole nitrogens is 1. The van der Waals surface area contributed by atoms with Gasteiger partial charge >= 0.3 is 5.97 Å². The second-order valence-electron chi connectivity index (χ2n) is 5.49. The highest BCUT2D eigenvalue weighted by Crippen LogP contribution is 2.20. The first kappa shape index (κ1) is 16.7. The van der Waals surface area contributed by atoms with E-state index in [1.807, 2.05) is 24.3 Å². The maximum atomic E-state index is 13.0. The summed E-state index contributed by atoms with van der Waals surface area (Å²) in [7, 11) is 0. The number of Topliss-reactive ketones (excluding diaryl/α,β-unsaturated/α-hetero) is 1. The zero-order valence-corrected chi connectivity index (χ0v) is 13.5. The van der Waals surface area contributed by atoms with Crippen LogP contribution in [0.5, 0.6) is 5.75 Å². The van der Waals surface area contributed by atoms with Crippen LogP contribution in [-0.2, 0) is 9.53 Å². The second kappa shape index (κ2) is 7.17. The van der Waals surface area contributed by atoms with Crippen LogP contribution in [0.1, 0.15) is 17.3 Å². The third kappa shape index (κ3) is 3.85. The molecule has 0 aliphatic heterocycles. The van der Waals surface area contributed by atoms with Crippen molar-refractivity contribution in [2.24, 2.45) is 0 Å². The molecule has 0 radical (unpaired) electrons. The molecule has 5 nitrogen and oxygen atoms in total. The van der Waals surface area contributed by atoms with Crippen molar-refractivity contribution in [2.75, 3.05) is 6.61 Å². The Kier molecular flexibility index (Phi) is 4.79. The number of para-hydroxylation sites is 1. The van der Waals surface area contributed by atoms with Gasteiger partial charge in [0.25, 0.3) is 0 Å². The van der Waals surface area contributed by atoms with E-state index in [0.717, 1.165) is 17.0 Å². The molecule has 0 saturated carbocycles. The van der Waals surface area contributed by atoms with Gasteiger partial charge in [-0.25, -0.2) is 9.18 Å². The maximum Gasteiger partial charge on any atom is 0.344 e. The van der Waals surface area contributed by atoms with Crippen LogP contribution in [-0.4, -0.2) is 29.4 Å². The van der Waals surface area contributed by atoms with E-state index in [0.29, 0.717) is 5.56 Å². The molecule has 2 aromatic carbocycles. The van der Waals surface area contributed by atoms with Gasteiger partial charge in [-0.2, -0.15) is 0 Å². The number of hydrogen-bond donors (Lipinski definition) is 1. The molecule has 1 atom stereocenters. The van der Waals surface area contributed by atoms with Gasteiger partial charge in [0, 0.05) is 28.7 Å². The average Bonchev–Trinajstić information content (AvgIpc) is 3.03. The fourth-order valence-electron chi connectivity index (χ4n) is 2.48. The Bertz CT molecular complexity index is 918. The number of aromatic nitrogens is 1. The van der Waals surface area contributed by atoms with Crippen molar-refractivity contribution < 1.29 is 23.5 Å². The van der Waals surface area contributed by atoms with Gasteiger partial charge in [0.15, 0.2) is 12.7 Å². The van der Waals surface area contributed by atoms with E-state index in [2.05, 4.69) is 4.98 Å². The summed E-state index contributed by atoms with van der Waals surface area (Å²) >= 11 is 0. The van der Waals surface area contributed by atoms with E-state index in [1.165, 1.54) is 25.1 Å². The van der Waals surface area contributed by atoms with Crippen molar-refractivity contribution in [3.63, 3.8) is 0 Å². The van der Waals surface area contributed by atoms with E-state index in [4.69, 9.17) is 9.47 Å². The van der Waals surface area contributed by atoms with Crippen LogP contribution in [0.2, 0.25) is 0 Å². The number of halogens is 1. The van der Waals surface area contributed by atoms with Gasteiger partial charge in [-0.3, -0.25) is 4.79 Å². The van der Waals surface area contributed by atoms with Crippen molar-refractivity contribution in [3.8, 4) is 5.75 Å². The van der Waals surface area contributed by atoms with Gasteiger partial charge in [0.1, 0.15) is 11.6 Å². The first-order chi connectivity index (χ1) is 12.0. The Morgan fingerprint density at radius 3 is 2.76 bits per heavy atom. The number of ketones is 1. The molecular formula is C19H16FNO4. The summed E-state index contributed by atoms with van der Waals surface area (Å²) in [6.07, 6.45) is 0.642. The Morgan fingerprint density at radius 2 is 1.96 bits per heavy atom. The number of hydrogen-bond acceptors (Lipinski definition) is 4. The SMILES string of the molecule is C[C@@H](OC(=O)COc1cccc(F)c1)C(=O)c1c[nH]c2ccccc12. The van der Waals surface area contributed by atoms with Crippen LogP contribution in [0.15, 0.2) is 54.7 Å². The summed E-state index contributed by atoms with van der Waals surface area (Å²) in [5.74, 6) is -1.26. The lowest BCUT2D eigenvalue weighted by atomic mass is 10.1. The molecular weight excluding hydrogens is 325 g/mol. The molecule has 0 unspecified atom stereocenters. The van der Waals surface area contributed by atoms with Crippen molar-refractivity contribution in [1.82, 2.24) is 4.98 Å². The first-order valence-electron chi connectivity index (χ1n) is 7.73. The summed E-state index contributed by atoms with van der Waals surface area (Å²) in [6, 6.07) is 12.8. The smallest absolute Gasteiger partial charge is 0.344 e. The molecule has 0 spiro atoms. The molecule has 128 valence electrons. The molecule has 6 heteroatoms. The molecule has 3 rings (SSSR count). The molecule has 1 N–H and O–H groups in total. The van der Waals surface area contributed by atoms with Gasteiger partial charge < -0.3 is 14.5 Å². The third-order valence-electron chi connectivity index (χ3n) is 3.68. The van der Waals surface area contributed by atoms with Crippen LogP contribution < -0.4 is 4.74 Å². The van der Waals surface area contributed by atoms with Gasteiger partial charge in [-0.1, -0.05) is 24.3 Å². The normalized spacial score (nSPS) is 11.9. The minimum atomic E-state index is -0.956. The lowest BCUT2D eigenvalue weighted by Crippen LogP contribution is -2.27. The average molecular weight is 341 g/mol. The van der Waals surface area contributed by atoms with Crippen LogP contribution in [0, 0.1) is 5.82 Å². The minimum Gasteiger partial charge on any atom is -0.482 e. The van der Waals surface area contributed by atoms with Crippen molar-refractivity contribution in [2.45, 2.75) is 13.0 Å². The molecule has 3 aromatic rings. The van der Waals surface area contributed by atoms with Crippen LogP contribution in [0.25, 0.3) is 10.9 Å². The number of rotatable bonds is 6. The van der Waals surface area contributed by atoms with Crippen LogP contribution in [0.3, 0.4) is 0 Å². The van der Waals surface area contributed by atoms with Gasteiger partial charge in [-0.05, 0) is 25.1 Å². The van der Waals surface area contributed by atoms with E-state index in [1.54, 1.807) is 6.20 Å². The molecule has 25 heavy (non-hydrogen) atoms. The van der Waals surface area contributed by atoms with Crippen LogP contribution in [0.4, 0.5) is 4.39 Å². The highest BCUT2D eigenvalue weighted by Gasteiger charge is 2.22. The molecule has 0 aliphatic rings. The lowest BCUT2D eigenvalue weighted by Gasteiger charge is -2.12. The number of aromatic amines is 1. The monoisotopic (exact) mass is 341 g/mol. The molecule has 0 fully saturated rings. The summed E-state index contributed by atoms with van der Waals surface area (Å²) in [5, 5.41) is 0.770. The predicted octanol–water partition coefficient (Wildman–Crippen LogP) is 3.50. The highest BCUT2D eigenvalue weighted by atomic mass is 19.1. The van der Waals surface area contributed by atoms with E-state index >= 15 is 0 Å². The van der Waals surface area contributed by atoms with Crippen molar-refractivity contribution in [3.05, 3.63) is 66.1 Å². The van der Waals surface area contributed by atoms with Gasteiger partial charge in [-0.15, -0.1) is 0 Å². The number of fused-ring (bicyclic) bond motifs is 1. The topological polar surface area (TPSA) is 68.4 Å². The number of carbonyl (C=O) groups is 2. The number of ether oxygens (including phenoxy) is 2. The fourth-order valence-corrected chi connectivity index (χ4v) is 2.48. The zero-order valence-electron chi connectivity index (χ0n) is 13.5. The maximum absolute atomic E-state index is 13.0. The zero-order chi connectivity index (χ0) is 17.8. The van der Waals surface area contributed by atoms with E-state index in [-0.39, 0.29) is 11.5 Å². The van der Waals surface area contributed by atoms with E-state index in [9.17, 15) is 14.0 Å². The first-order valence-corrected chi connectivity index (χ1v) is 7.73. The second-order valence-corrected chi connectivity index (χ2v) is 5.49. The Labute approximate surface area is 143 Å². The number of nitrogens with one attached hydrogen (secondary N) is 1. The molecule has 1 aromatic heterocycles. The van der Waals surface area contributed by atoms with Crippen molar-refractivity contribution in [1.29, 1.82) is 0 Å². The minimum absolute atomic E-state index is 0.215. The molecule has 0 bridgehead atoms.